The van der Waals surface area contributed by atoms with Crippen LogP contribution in [0.2, 0.25) is 0 Å². The number of amides is 1. The van der Waals surface area contributed by atoms with Gasteiger partial charge in [-0.3, -0.25) is 4.79 Å². The van der Waals surface area contributed by atoms with Crippen molar-refractivity contribution < 1.29 is 4.79 Å². The highest BCUT2D eigenvalue weighted by Gasteiger charge is 2.19. The van der Waals surface area contributed by atoms with Gasteiger partial charge in [-0.1, -0.05) is 0 Å². The van der Waals surface area contributed by atoms with Crippen LogP contribution in [0.5, 0.6) is 0 Å². The third-order valence-corrected chi connectivity index (χ3v) is 3.15. The van der Waals surface area contributed by atoms with Crippen molar-refractivity contribution in [2.45, 2.75) is 13.0 Å². The summed E-state index contributed by atoms with van der Waals surface area (Å²) in [6.07, 6.45) is 2.19. The van der Waals surface area contributed by atoms with Crippen LogP contribution >= 0.6 is 0 Å². The van der Waals surface area contributed by atoms with Crippen LogP contribution in [0.1, 0.15) is 11.3 Å². The molecule has 1 fully saturated rings. The third kappa shape index (κ3) is 2.08. The molecule has 0 spiro atoms. The molecule has 0 bridgehead atoms. The number of carbonyl (C=O) groups is 1. The van der Waals surface area contributed by atoms with Gasteiger partial charge in [-0.15, -0.1) is 0 Å². The lowest BCUT2D eigenvalue weighted by Crippen LogP contribution is -2.44. The Hall–Kier alpha value is -1.69. The standard InChI is InChI=1S/C11H15N5O/c17-10-5-8-6-14-11(15-9(8)7-13-10)16-3-1-12-2-4-16/h6,12H,1-5,7H2,(H,13,17). The highest BCUT2D eigenvalue weighted by molar-refractivity contribution is 5.80. The Bertz CT molecular complexity index is 441. The first-order valence-electron chi connectivity index (χ1n) is 5.90. The summed E-state index contributed by atoms with van der Waals surface area (Å²) in [5.74, 6) is 0.831. The highest BCUT2D eigenvalue weighted by Crippen LogP contribution is 2.15. The number of anilines is 1. The molecule has 1 amide bonds. The average Bonchev–Trinajstić information content (AvgIpc) is 2.39. The lowest BCUT2D eigenvalue weighted by Gasteiger charge is -2.28. The summed E-state index contributed by atoms with van der Waals surface area (Å²) < 4.78 is 0. The Morgan fingerprint density at radius 1 is 1.29 bits per heavy atom. The molecule has 0 radical (unpaired) electrons. The first-order chi connectivity index (χ1) is 8.33. The first kappa shape index (κ1) is 10.5. The zero-order chi connectivity index (χ0) is 11.7. The Balaban J connectivity index is 1.85. The molecular weight excluding hydrogens is 218 g/mol. The first-order valence-corrected chi connectivity index (χ1v) is 5.90. The summed E-state index contributed by atoms with van der Waals surface area (Å²) in [5.41, 5.74) is 1.90. The van der Waals surface area contributed by atoms with Crippen LogP contribution in [0.15, 0.2) is 6.20 Å². The van der Waals surface area contributed by atoms with E-state index in [-0.39, 0.29) is 5.91 Å². The molecule has 17 heavy (non-hydrogen) atoms. The van der Waals surface area contributed by atoms with E-state index in [0.29, 0.717) is 13.0 Å². The van der Waals surface area contributed by atoms with Crippen LogP contribution in [-0.4, -0.2) is 42.1 Å². The molecule has 0 unspecified atom stereocenters. The average molecular weight is 233 g/mol. The molecule has 1 aromatic rings. The zero-order valence-electron chi connectivity index (χ0n) is 9.57. The number of nitrogens with zero attached hydrogens (tertiary/aromatic N) is 3. The summed E-state index contributed by atoms with van der Waals surface area (Å²) in [5, 5.41) is 6.11. The maximum Gasteiger partial charge on any atom is 0.225 e. The number of fused-ring (bicyclic) bond motifs is 1. The smallest absolute Gasteiger partial charge is 0.225 e. The SMILES string of the molecule is O=C1Cc2cnc(N3CCNCC3)nc2CN1. The van der Waals surface area contributed by atoms with Gasteiger partial charge in [-0.05, 0) is 0 Å². The normalized spacial score (nSPS) is 19.8. The monoisotopic (exact) mass is 233 g/mol. The number of carbonyl (C=O) groups excluding carboxylic acids is 1. The second-order valence-corrected chi connectivity index (χ2v) is 4.33. The quantitative estimate of drug-likeness (QED) is 0.655. The van der Waals surface area contributed by atoms with Gasteiger partial charge in [0.2, 0.25) is 11.9 Å². The molecule has 2 N–H and O–H groups in total. The highest BCUT2D eigenvalue weighted by atomic mass is 16.1. The van der Waals surface area contributed by atoms with E-state index in [4.69, 9.17) is 0 Å². The molecule has 6 heteroatoms. The van der Waals surface area contributed by atoms with Crippen molar-refractivity contribution in [1.82, 2.24) is 20.6 Å². The van der Waals surface area contributed by atoms with E-state index >= 15 is 0 Å². The van der Waals surface area contributed by atoms with Gasteiger partial charge in [0, 0.05) is 37.9 Å². The number of nitrogens with one attached hydrogen (secondary N) is 2. The minimum absolute atomic E-state index is 0.0519. The molecule has 1 saturated heterocycles. The predicted molar refractivity (Wildman–Crippen MR) is 62.7 cm³/mol. The Labute approximate surface area is 99.4 Å². The van der Waals surface area contributed by atoms with Gasteiger partial charge in [0.25, 0.3) is 0 Å². The van der Waals surface area contributed by atoms with Gasteiger partial charge in [0.05, 0.1) is 18.7 Å². The number of rotatable bonds is 1. The summed E-state index contributed by atoms with van der Waals surface area (Å²) in [7, 11) is 0. The minimum Gasteiger partial charge on any atom is -0.350 e. The van der Waals surface area contributed by atoms with Crippen LogP contribution in [-0.2, 0) is 17.8 Å². The Kier molecular flexibility index (Phi) is 2.64. The topological polar surface area (TPSA) is 70.2 Å². The van der Waals surface area contributed by atoms with E-state index in [1.165, 1.54) is 0 Å². The summed E-state index contributed by atoms with van der Waals surface area (Å²) >= 11 is 0. The minimum atomic E-state index is 0.0519. The maximum absolute atomic E-state index is 11.2. The van der Waals surface area contributed by atoms with E-state index in [0.717, 1.165) is 43.4 Å². The molecule has 90 valence electrons. The van der Waals surface area contributed by atoms with Crippen LogP contribution in [0.3, 0.4) is 0 Å². The van der Waals surface area contributed by atoms with Crippen molar-refractivity contribution in [2.75, 3.05) is 31.1 Å². The molecule has 0 aliphatic carbocycles. The van der Waals surface area contributed by atoms with E-state index in [2.05, 4.69) is 25.5 Å². The molecule has 1 aromatic heterocycles. The molecule has 3 heterocycles. The molecule has 6 nitrogen and oxygen atoms in total. The van der Waals surface area contributed by atoms with Crippen molar-refractivity contribution in [3.05, 3.63) is 17.5 Å². The lowest BCUT2D eigenvalue weighted by atomic mass is 10.1. The van der Waals surface area contributed by atoms with E-state index in [9.17, 15) is 4.79 Å². The number of hydrogen-bond donors (Lipinski definition) is 2. The molecule has 0 saturated carbocycles. The zero-order valence-corrected chi connectivity index (χ0v) is 9.57. The van der Waals surface area contributed by atoms with Gasteiger partial charge >= 0.3 is 0 Å². The van der Waals surface area contributed by atoms with Crippen LogP contribution in [0, 0.1) is 0 Å². The fraction of sp³-hybridized carbons (Fsp3) is 0.545. The Morgan fingerprint density at radius 2 is 2.12 bits per heavy atom. The van der Waals surface area contributed by atoms with E-state index in [1.807, 2.05) is 0 Å². The largest absolute Gasteiger partial charge is 0.350 e. The molecule has 0 aromatic carbocycles. The summed E-state index contributed by atoms with van der Waals surface area (Å²) in [4.78, 5) is 22.3. The lowest BCUT2D eigenvalue weighted by molar-refractivity contribution is -0.121. The van der Waals surface area contributed by atoms with Crippen molar-refractivity contribution in [1.29, 1.82) is 0 Å². The van der Waals surface area contributed by atoms with Gasteiger partial charge < -0.3 is 15.5 Å². The molecule has 2 aliphatic heterocycles. The predicted octanol–water partition coefficient (Wildman–Crippen LogP) is -0.941. The molecule has 2 aliphatic rings. The van der Waals surface area contributed by atoms with E-state index < -0.39 is 0 Å². The van der Waals surface area contributed by atoms with Crippen LogP contribution < -0.4 is 15.5 Å². The molecule has 0 atom stereocenters. The molecular formula is C11H15N5O. The number of hydrogen-bond acceptors (Lipinski definition) is 5. The van der Waals surface area contributed by atoms with Crippen molar-refractivity contribution in [3.63, 3.8) is 0 Å². The summed E-state index contributed by atoms with van der Waals surface area (Å²) in [6, 6.07) is 0. The summed E-state index contributed by atoms with van der Waals surface area (Å²) in [6.45, 7) is 4.33. The fourth-order valence-corrected chi connectivity index (χ4v) is 2.17. The maximum atomic E-state index is 11.2. The van der Waals surface area contributed by atoms with Crippen molar-refractivity contribution in [2.24, 2.45) is 0 Å². The van der Waals surface area contributed by atoms with Crippen LogP contribution in [0.4, 0.5) is 5.95 Å². The van der Waals surface area contributed by atoms with Gasteiger partial charge in [0.1, 0.15) is 0 Å². The van der Waals surface area contributed by atoms with Crippen molar-refractivity contribution >= 4 is 11.9 Å². The second kappa shape index (κ2) is 4.29. The third-order valence-electron chi connectivity index (χ3n) is 3.15. The second-order valence-electron chi connectivity index (χ2n) is 4.33. The van der Waals surface area contributed by atoms with Crippen molar-refractivity contribution in [3.8, 4) is 0 Å². The van der Waals surface area contributed by atoms with Crippen LogP contribution in [0.25, 0.3) is 0 Å². The van der Waals surface area contributed by atoms with Gasteiger partial charge in [-0.2, -0.15) is 0 Å². The fourth-order valence-electron chi connectivity index (χ4n) is 2.17. The van der Waals surface area contributed by atoms with Gasteiger partial charge in [0.15, 0.2) is 0 Å². The van der Waals surface area contributed by atoms with Gasteiger partial charge in [-0.25, -0.2) is 9.97 Å². The number of aromatic nitrogens is 2. The number of piperazine rings is 1. The van der Waals surface area contributed by atoms with E-state index in [1.54, 1.807) is 6.20 Å². The Morgan fingerprint density at radius 3 is 2.94 bits per heavy atom. The molecule has 3 rings (SSSR count).